The zero-order valence-corrected chi connectivity index (χ0v) is 16.3. The van der Waals surface area contributed by atoms with Crippen LogP contribution in [0.1, 0.15) is 5.56 Å². The highest BCUT2D eigenvalue weighted by atomic mass is 79.9. The van der Waals surface area contributed by atoms with Crippen LogP contribution in [0.4, 0.5) is 5.69 Å². The normalized spacial score (nSPS) is 15.4. The molecule has 5 nitrogen and oxygen atoms in total. The highest BCUT2D eigenvalue weighted by Crippen LogP contribution is 2.27. The van der Waals surface area contributed by atoms with Crippen molar-refractivity contribution in [3.63, 3.8) is 0 Å². The van der Waals surface area contributed by atoms with Gasteiger partial charge in [-0.1, -0.05) is 18.2 Å². The first kappa shape index (κ1) is 17.2. The van der Waals surface area contributed by atoms with Gasteiger partial charge in [0.2, 0.25) is 0 Å². The predicted molar refractivity (Wildman–Crippen MR) is 108 cm³/mol. The van der Waals surface area contributed by atoms with E-state index in [2.05, 4.69) is 53.9 Å². The first-order valence-corrected chi connectivity index (χ1v) is 9.53. The molecule has 26 heavy (non-hydrogen) atoms. The number of para-hydroxylation sites is 1. The maximum absolute atomic E-state index is 5.48. The number of piperazine rings is 1. The monoisotopic (exact) mass is 412 g/mol. The van der Waals surface area contributed by atoms with Crippen LogP contribution in [0.2, 0.25) is 0 Å². The van der Waals surface area contributed by atoms with Crippen LogP contribution < -0.4 is 9.64 Å². The Morgan fingerprint density at radius 2 is 1.88 bits per heavy atom. The fourth-order valence-electron chi connectivity index (χ4n) is 3.47. The molecule has 0 aliphatic carbocycles. The summed E-state index contributed by atoms with van der Waals surface area (Å²) in [4.78, 5) is 13.9. The topological polar surface area (TPSA) is 41.5 Å². The molecule has 1 aromatic carbocycles. The van der Waals surface area contributed by atoms with E-state index in [1.54, 1.807) is 7.11 Å². The molecule has 0 atom stereocenters. The molecule has 0 N–H and O–H groups in total. The van der Waals surface area contributed by atoms with E-state index >= 15 is 0 Å². The fraction of sp³-hybridized carbons (Fsp3) is 0.300. The second-order valence-corrected chi connectivity index (χ2v) is 7.34. The molecule has 0 amide bonds. The molecule has 4 rings (SSSR count). The number of anilines is 1. The maximum Gasteiger partial charge on any atom is 0.123 e. The summed E-state index contributed by atoms with van der Waals surface area (Å²) in [5.41, 5.74) is 4.30. The molecule has 0 unspecified atom stereocenters. The summed E-state index contributed by atoms with van der Waals surface area (Å²) in [6, 6.07) is 12.3. The van der Waals surface area contributed by atoms with Gasteiger partial charge in [-0.2, -0.15) is 0 Å². The van der Waals surface area contributed by atoms with Gasteiger partial charge in [0.25, 0.3) is 0 Å². The Morgan fingerprint density at radius 1 is 1.08 bits per heavy atom. The molecular weight excluding hydrogens is 392 g/mol. The van der Waals surface area contributed by atoms with Crippen LogP contribution in [0, 0.1) is 0 Å². The quantitative estimate of drug-likeness (QED) is 0.652. The number of ether oxygens (including phenoxy) is 1. The van der Waals surface area contributed by atoms with Crippen molar-refractivity contribution in [3.05, 3.63) is 58.8 Å². The first-order chi connectivity index (χ1) is 12.7. The van der Waals surface area contributed by atoms with Gasteiger partial charge in [-0.3, -0.25) is 14.9 Å². The van der Waals surface area contributed by atoms with E-state index in [0.29, 0.717) is 0 Å². The summed E-state index contributed by atoms with van der Waals surface area (Å²) in [5.74, 6) is 0.963. The number of hydrogen-bond donors (Lipinski definition) is 0. The van der Waals surface area contributed by atoms with E-state index in [1.807, 2.05) is 30.6 Å². The lowest BCUT2D eigenvalue weighted by Crippen LogP contribution is -2.46. The van der Waals surface area contributed by atoms with E-state index in [-0.39, 0.29) is 0 Å². The Labute approximate surface area is 161 Å². The lowest BCUT2D eigenvalue weighted by atomic mass is 10.1. The molecule has 2 aromatic heterocycles. The molecule has 6 heteroatoms. The van der Waals surface area contributed by atoms with Crippen LogP contribution in [0.15, 0.2) is 53.3 Å². The Hall–Kier alpha value is -2.18. The molecule has 1 saturated heterocycles. The maximum atomic E-state index is 5.48. The lowest BCUT2D eigenvalue weighted by Gasteiger charge is -2.36. The van der Waals surface area contributed by atoms with Gasteiger partial charge in [0.15, 0.2) is 0 Å². The van der Waals surface area contributed by atoms with Crippen molar-refractivity contribution in [1.29, 1.82) is 0 Å². The average molecular weight is 413 g/mol. The summed E-state index contributed by atoms with van der Waals surface area (Å²) in [7, 11) is 1.73. The molecule has 0 radical (unpaired) electrons. The van der Waals surface area contributed by atoms with Crippen molar-refractivity contribution in [3.8, 4) is 5.75 Å². The third-order valence-corrected chi connectivity index (χ3v) is 5.26. The lowest BCUT2D eigenvalue weighted by molar-refractivity contribution is 0.246. The van der Waals surface area contributed by atoms with Crippen molar-refractivity contribution in [2.75, 3.05) is 38.2 Å². The minimum atomic E-state index is 0.917. The van der Waals surface area contributed by atoms with Gasteiger partial charge in [0.1, 0.15) is 11.3 Å². The van der Waals surface area contributed by atoms with Crippen molar-refractivity contribution < 1.29 is 4.74 Å². The summed E-state index contributed by atoms with van der Waals surface area (Å²) >= 11 is 3.47. The molecular formula is C20H21BrN4O. The number of methoxy groups -OCH3 is 1. The Morgan fingerprint density at radius 3 is 2.69 bits per heavy atom. The molecule has 3 heterocycles. The van der Waals surface area contributed by atoms with E-state index in [0.717, 1.165) is 54.0 Å². The third-order valence-electron chi connectivity index (χ3n) is 4.82. The minimum absolute atomic E-state index is 0.917. The Balaban J connectivity index is 1.47. The molecule has 1 aliphatic rings. The van der Waals surface area contributed by atoms with Gasteiger partial charge in [-0.15, -0.1) is 0 Å². The number of fused-ring (bicyclic) bond motifs is 1. The van der Waals surface area contributed by atoms with Gasteiger partial charge in [-0.25, -0.2) is 0 Å². The van der Waals surface area contributed by atoms with Gasteiger partial charge in [-0.05, 0) is 34.1 Å². The van der Waals surface area contributed by atoms with Crippen LogP contribution in [-0.2, 0) is 6.54 Å². The van der Waals surface area contributed by atoms with Crippen molar-refractivity contribution in [2.24, 2.45) is 0 Å². The summed E-state index contributed by atoms with van der Waals surface area (Å²) in [6.07, 6.45) is 3.71. The summed E-state index contributed by atoms with van der Waals surface area (Å²) in [6.45, 7) is 4.90. The zero-order valence-electron chi connectivity index (χ0n) is 14.7. The smallest absolute Gasteiger partial charge is 0.123 e. The number of pyridine rings is 2. The molecule has 0 bridgehead atoms. The number of rotatable bonds is 4. The second-order valence-electron chi connectivity index (χ2n) is 6.43. The second kappa shape index (κ2) is 7.60. The standard InChI is InChI=1S/C20H21BrN4O/c1-26-19-5-3-2-4-15(19)14-24-8-10-25(11-9-24)18-6-7-22-17-12-16(21)13-23-20(17)18/h2-7,12-13H,8-11,14H2,1H3. The van der Waals surface area contributed by atoms with Gasteiger partial charge < -0.3 is 9.64 Å². The van der Waals surface area contributed by atoms with Crippen LogP contribution >= 0.6 is 15.9 Å². The van der Waals surface area contributed by atoms with Crippen molar-refractivity contribution in [2.45, 2.75) is 6.54 Å². The Bertz CT molecular complexity index is 909. The number of hydrogen-bond acceptors (Lipinski definition) is 5. The van der Waals surface area contributed by atoms with E-state index in [1.165, 1.54) is 11.3 Å². The third kappa shape index (κ3) is 3.52. The van der Waals surface area contributed by atoms with Gasteiger partial charge in [0.05, 0.1) is 18.3 Å². The molecule has 134 valence electrons. The van der Waals surface area contributed by atoms with Crippen LogP contribution in [0.3, 0.4) is 0 Å². The molecule has 0 spiro atoms. The van der Waals surface area contributed by atoms with Crippen LogP contribution in [0.5, 0.6) is 5.75 Å². The van der Waals surface area contributed by atoms with Gasteiger partial charge in [0, 0.05) is 55.2 Å². The predicted octanol–water partition coefficient (Wildman–Crippen LogP) is 3.72. The molecule has 1 fully saturated rings. The minimum Gasteiger partial charge on any atom is -0.496 e. The number of nitrogens with zero attached hydrogens (tertiary/aromatic N) is 4. The summed E-state index contributed by atoms with van der Waals surface area (Å²) in [5, 5.41) is 0. The zero-order chi connectivity index (χ0) is 17.9. The first-order valence-electron chi connectivity index (χ1n) is 8.74. The van der Waals surface area contributed by atoms with E-state index in [9.17, 15) is 0 Å². The molecule has 1 aliphatic heterocycles. The Kier molecular flexibility index (Phi) is 5.04. The molecule has 3 aromatic rings. The number of halogens is 1. The van der Waals surface area contributed by atoms with E-state index in [4.69, 9.17) is 4.74 Å². The SMILES string of the molecule is COc1ccccc1CN1CCN(c2ccnc3cc(Br)cnc23)CC1. The number of benzene rings is 1. The largest absolute Gasteiger partial charge is 0.496 e. The molecule has 0 saturated carbocycles. The van der Waals surface area contributed by atoms with Crippen LogP contribution in [0.25, 0.3) is 11.0 Å². The van der Waals surface area contributed by atoms with E-state index < -0.39 is 0 Å². The highest BCUT2D eigenvalue weighted by molar-refractivity contribution is 9.10. The van der Waals surface area contributed by atoms with Gasteiger partial charge >= 0.3 is 0 Å². The number of aromatic nitrogens is 2. The fourth-order valence-corrected chi connectivity index (χ4v) is 3.79. The average Bonchev–Trinajstić information content (AvgIpc) is 2.68. The summed E-state index contributed by atoms with van der Waals surface area (Å²) < 4.78 is 6.43. The van der Waals surface area contributed by atoms with Crippen LogP contribution in [-0.4, -0.2) is 48.2 Å². The van der Waals surface area contributed by atoms with Crippen molar-refractivity contribution >= 4 is 32.7 Å². The van der Waals surface area contributed by atoms with Crippen molar-refractivity contribution in [1.82, 2.24) is 14.9 Å². The highest BCUT2D eigenvalue weighted by Gasteiger charge is 2.20.